The Labute approximate surface area is 177 Å². The molecule has 0 fully saturated rings. The number of hydrogen-bond acceptors (Lipinski definition) is 1. The molecule has 0 aliphatic heterocycles. The Bertz CT molecular complexity index is 1150. The van der Waals surface area contributed by atoms with E-state index in [2.05, 4.69) is 48.8 Å². The molecule has 4 aromatic rings. The van der Waals surface area contributed by atoms with E-state index in [-0.39, 0.29) is 0 Å². The van der Waals surface area contributed by atoms with Crippen molar-refractivity contribution >= 4 is 38.6 Å². The van der Waals surface area contributed by atoms with Gasteiger partial charge in [-0.3, -0.25) is 4.21 Å². The van der Waals surface area contributed by atoms with Crippen LogP contribution >= 0.6 is 0 Å². The second kappa shape index (κ2) is 10.2. The molecule has 0 aliphatic carbocycles. The standard InChI is InChI=1S/C22H19NOS.2C2H6/c1-4-17-14(2)23-20-12-11-15-9-10-16(13-19(15)22(17)20)18-7-5-6-8-21(18)25(3)24;2*1-2/h4-13,23H,1H2,2-3H3;2*1-2H3. The van der Waals surface area contributed by atoms with Crippen molar-refractivity contribution < 1.29 is 4.21 Å². The summed E-state index contributed by atoms with van der Waals surface area (Å²) in [7, 11) is -1.03. The molecule has 0 saturated heterocycles. The molecule has 0 radical (unpaired) electrons. The number of hydrogen-bond donors (Lipinski definition) is 1. The third-order valence-electron chi connectivity index (χ3n) is 4.73. The second-order valence-corrected chi connectivity index (χ2v) is 7.59. The van der Waals surface area contributed by atoms with Crippen LogP contribution in [0.4, 0.5) is 0 Å². The van der Waals surface area contributed by atoms with Gasteiger partial charge in [0.05, 0.1) is 10.8 Å². The summed E-state index contributed by atoms with van der Waals surface area (Å²) in [6, 6.07) is 18.6. The van der Waals surface area contributed by atoms with E-state index in [0.717, 1.165) is 32.8 Å². The average molecular weight is 406 g/mol. The van der Waals surface area contributed by atoms with Gasteiger partial charge in [-0.2, -0.15) is 0 Å². The molecule has 29 heavy (non-hydrogen) atoms. The van der Waals surface area contributed by atoms with E-state index in [0.29, 0.717) is 0 Å². The summed E-state index contributed by atoms with van der Waals surface area (Å²) in [6.07, 6.45) is 3.64. The van der Waals surface area contributed by atoms with Crippen molar-refractivity contribution in [2.75, 3.05) is 6.26 Å². The average Bonchev–Trinajstić information content (AvgIpc) is 3.11. The lowest BCUT2D eigenvalue weighted by Crippen LogP contribution is -1.92. The quantitative estimate of drug-likeness (QED) is 0.371. The van der Waals surface area contributed by atoms with Gasteiger partial charge in [0.2, 0.25) is 0 Å². The van der Waals surface area contributed by atoms with E-state index in [4.69, 9.17) is 0 Å². The molecule has 4 rings (SSSR count). The highest BCUT2D eigenvalue weighted by Crippen LogP contribution is 2.35. The van der Waals surface area contributed by atoms with E-state index < -0.39 is 10.8 Å². The molecule has 0 saturated carbocycles. The number of fused-ring (bicyclic) bond motifs is 3. The first-order chi connectivity index (χ1) is 14.1. The lowest BCUT2D eigenvalue weighted by Gasteiger charge is -2.10. The SMILES string of the molecule is C=Cc1c(C)[nH]c2ccc3ccc(-c4ccccc4S(C)=O)cc3c12.CC.CC. The molecule has 0 aliphatic rings. The summed E-state index contributed by atoms with van der Waals surface area (Å²) in [5, 5.41) is 3.57. The van der Waals surface area contributed by atoms with Crippen LogP contribution in [0, 0.1) is 6.92 Å². The van der Waals surface area contributed by atoms with Gasteiger partial charge in [0.15, 0.2) is 0 Å². The van der Waals surface area contributed by atoms with Crippen molar-refractivity contribution in [1.82, 2.24) is 4.98 Å². The highest BCUT2D eigenvalue weighted by atomic mass is 32.2. The maximum Gasteiger partial charge on any atom is 0.0504 e. The molecule has 1 N–H and O–H groups in total. The van der Waals surface area contributed by atoms with Crippen molar-refractivity contribution in [3.63, 3.8) is 0 Å². The van der Waals surface area contributed by atoms with Crippen LogP contribution in [0.3, 0.4) is 0 Å². The molecule has 152 valence electrons. The number of aromatic nitrogens is 1. The van der Waals surface area contributed by atoms with Gasteiger partial charge in [0.1, 0.15) is 0 Å². The maximum absolute atomic E-state index is 12.1. The van der Waals surface area contributed by atoms with Gasteiger partial charge in [-0.1, -0.05) is 76.7 Å². The normalized spacial score (nSPS) is 11.2. The predicted octanol–water partition coefficient (Wildman–Crippen LogP) is 7.73. The molecular weight excluding hydrogens is 374 g/mol. The van der Waals surface area contributed by atoms with Gasteiger partial charge >= 0.3 is 0 Å². The minimum Gasteiger partial charge on any atom is -0.358 e. The van der Waals surface area contributed by atoms with Crippen molar-refractivity contribution in [2.24, 2.45) is 0 Å². The zero-order valence-corrected chi connectivity index (χ0v) is 19.1. The molecular formula is C26H31NOS. The molecule has 2 nitrogen and oxygen atoms in total. The summed E-state index contributed by atoms with van der Waals surface area (Å²) in [5.41, 5.74) is 5.49. The van der Waals surface area contributed by atoms with Crippen molar-refractivity contribution in [3.8, 4) is 11.1 Å². The van der Waals surface area contributed by atoms with Crippen LogP contribution in [0.2, 0.25) is 0 Å². The molecule has 1 heterocycles. The highest BCUT2D eigenvalue weighted by molar-refractivity contribution is 7.84. The van der Waals surface area contributed by atoms with Gasteiger partial charge in [-0.05, 0) is 47.0 Å². The minimum atomic E-state index is -1.03. The van der Waals surface area contributed by atoms with E-state index >= 15 is 0 Å². The fourth-order valence-electron chi connectivity index (χ4n) is 3.55. The van der Waals surface area contributed by atoms with E-state index in [1.54, 1.807) is 6.26 Å². The first-order valence-electron chi connectivity index (χ1n) is 10.2. The Hall–Kier alpha value is -2.65. The number of rotatable bonds is 3. The Kier molecular flexibility index (Phi) is 7.98. The van der Waals surface area contributed by atoms with Crippen molar-refractivity contribution in [3.05, 3.63) is 72.4 Å². The predicted molar refractivity (Wildman–Crippen MR) is 131 cm³/mol. The van der Waals surface area contributed by atoms with Gasteiger partial charge < -0.3 is 4.98 Å². The van der Waals surface area contributed by atoms with Crippen LogP contribution in [-0.4, -0.2) is 15.4 Å². The second-order valence-electron chi connectivity index (χ2n) is 6.24. The van der Waals surface area contributed by atoms with Crippen LogP contribution in [0.1, 0.15) is 39.0 Å². The number of aryl methyl sites for hydroxylation is 1. The smallest absolute Gasteiger partial charge is 0.0504 e. The first-order valence-corrected chi connectivity index (χ1v) is 11.8. The fraction of sp³-hybridized carbons (Fsp3) is 0.231. The van der Waals surface area contributed by atoms with Crippen LogP contribution < -0.4 is 0 Å². The van der Waals surface area contributed by atoms with Crippen LogP contribution in [-0.2, 0) is 10.8 Å². The zero-order valence-electron chi connectivity index (χ0n) is 18.3. The summed E-state index contributed by atoms with van der Waals surface area (Å²) >= 11 is 0. The van der Waals surface area contributed by atoms with Crippen LogP contribution in [0.25, 0.3) is 38.9 Å². The fourth-order valence-corrected chi connectivity index (χ4v) is 4.32. The van der Waals surface area contributed by atoms with Gasteiger partial charge in [-0.15, -0.1) is 0 Å². The third-order valence-corrected chi connectivity index (χ3v) is 5.70. The van der Waals surface area contributed by atoms with Crippen molar-refractivity contribution in [1.29, 1.82) is 0 Å². The first kappa shape index (κ1) is 22.6. The van der Waals surface area contributed by atoms with E-state index in [1.807, 2.05) is 58.0 Å². The number of H-pyrrole nitrogens is 1. The highest BCUT2D eigenvalue weighted by Gasteiger charge is 2.12. The lowest BCUT2D eigenvalue weighted by atomic mass is 9.97. The number of aromatic amines is 1. The van der Waals surface area contributed by atoms with E-state index in [1.165, 1.54) is 16.2 Å². The van der Waals surface area contributed by atoms with Gasteiger partial charge in [-0.25, -0.2) is 0 Å². The summed E-state index contributed by atoms with van der Waals surface area (Å²) in [4.78, 5) is 4.30. The van der Waals surface area contributed by atoms with Crippen LogP contribution in [0.15, 0.2) is 66.1 Å². The molecule has 0 amide bonds. The Morgan fingerprint density at radius 3 is 2.28 bits per heavy atom. The van der Waals surface area contributed by atoms with E-state index in [9.17, 15) is 4.21 Å². The Morgan fingerprint density at radius 1 is 0.966 bits per heavy atom. The van der Waals surface area contributed by atoms with Crippen LogP contribution in [0.5, 0.6) is 0 Å². The summed E-state index contributed by atoms with van der Waals surface area (Å²) in [5.74, 6) is 0. The maximum atomic E-state index is 12.1. The Balaban J connectivity index is 0.000000707. The minimum absolute atomic E-state index is 0.864. The molecule has 1 aromatic heterocycles. The number of nitrogens with one attached hydrogen (secondary N) is 1. The molecule has 3 heteroatoms. The topological polar surface area (TPSA) is 32.9 Å². The van der Waals surface area contributed by atoms with Crippen molar-refractivity contribution in [2.45, 2.75) is 39.5 Å². The number of benzene rings is 3. The van der Waals surface area contributed by atoms with Gasteiger partial charge in [0, 0.05) is 33.3 Å². The molecule has 3 aromatic carbocycles. The summed E-state index contributed by atoms with van der Waals surface area (Å²) < 4.78 is 12.1. The molecule has 1 unspecified atom stereocenters. The molecule has 0 bridgehead atoms. The summed E-state index contributed by atoms with van der Waals surface area (Å²) in [6.45, 7) is 14.1. The third kappa shape index (κ3) is 4.35. The lowest BCUT2D eigenvalue weighted by molar-refractivity contribution is 0.687. The monoisotopic (exact) mass is 405 g/mol. The van der Waals surface area contributed by atoms with Gasteiger partial charge in [0.25, 0.3) is 0 Å². The molecule has 0 spiro atoms. The largest absolute Gasteiger partial charge is 0.358 e. The zero-order chi connectivity index (χ0) is 21.6. The molecule has 1 atom stereocenters. The Morgan fingerprint density at radius 2 is 1.62 bits per heavy atom.